The molecule has 5 rings (SSSR count). The molecule has 4 heteroatoms. The van der Waals surface area contributed by atoms with Gasteiger partial charge in [0.15, 0.2) is 0 Å². The maximum atomic E-state index is 12.7. The Morgan fingerprint density at radius 3 is 2.32 bits per heavy atom. The third-order valence-corrected chi connectivity index (χ3v) is 8.24. The summed E-state index contributed by atoms with van der Waals surface area (Å²) in [6, 6.07) is 11.2. The number of nitrogens with zero attached hydrogens (tertiary/aromatic N) is 2. The average molecular weight is 382 g/mol. The average Bonchev–Trinajstić information content (AvgIpc) is 3.28. The lowest BCUT2D eigenvalue weighted by Crippen LogP contribution is -2.49. The molecule has 4 aliphatic rings. The number of nitrogens with one attached hydrogen (secondary N) is 1. The minimum Gasteiger partial charge on any atom is -0.342 e. The zero-order valence-corrected chi connectivity index (χ0v) is 17.1. The molecular formula is C24H35N3O. The van der Waals surface area contributed by atoms with Crippen LogP contribution in [0.15, 0.2) is 30.3 Å². The molecule has 0 bridgehead atoms. The predicted octanol–water partition coefficient (Wildman–Crippen LogP) is 2.89. The lowest BCUT2D eigenvalue weighted by Gasteiger charge is -2.44. The highest BCUT2D eigenvalue weighted by Gasteiger charge is 2.41. The number of carbonyl (C=O) groups is 1. The van der Waals surface area contributed by atoms with E-state index in [-0.39, 0.29) is 5.41 Å². The molecule has 0 radical (unpaired) electrons. The molecule has 4 fully saturated rings. The Bertz CT molecular complexity index is 666. The first kappa shape index (κ1) is 18.6. The molecule has 0 aromatic heterocycles. The van der Waals surface area contributed by atoms with Gasteiger partial charge in [-0.1, -0.05) is 36.8 Å². The summed E-state index contributed by atoms with van der Waals surface area (Å²) in [6.45, 7) is 8.06. The van der Waals surface area contributed by atoms with E-state index in [0.717, 1.165) is 50.6 Å². The molecule has 1 N–H and O–H groups in total. The van der Waals surface area contributed by atoms with Crippen molar-refractivity contribution in [3.63, 3.8) is 0 Å². The molecule has 4 nitrogen and oxygen atoms in total. The van der Waals surface area contributed by atoms with Crippen molar-refractivity contribution in [1.82, 2.24) is 15.1 Å². The van der Waals surface area contributed by atoms with Gasteiger partial charge < -0.3 is 15.1 Å². The van der Waals surface area contributed by atoms with Gasteiger partial charge in [0.1, 0.15) is 0 Å². The molecule has 1 amide bonds. The Balaban J connectivity index is 1.25. The monoisotopic (exact) mass is 381 g/mol. The van der Waals surface area contributed by atoms with Gasteiger partial charge in [-0.05, 0) is 74.6 Å². The highest BCUT2D eigenvalue weighted by molar-refractivity contribution is 5.79. The van der Waals surface area contributed by atoms with Crippen LogP contribution in [0.2, 0.25) is 0 Å². The Labute approximate surface area is 169 Å². The van der Waals surface area contributed by atoms with Crippen LogP contribution in [0.1, 0.15) is 44.1 Å². The SMILES string of the molecule is O=C(C1CCC1)N1CCC(CCN2CC3CNCC3C2)(c2ccccc2)CC1. The number of hydrogen-bond donors (Lipinski definition) is 1. The van der Waals surface area contributed by atoms with Crippen LogP contribution in [0.3, 0.4) is 0 Å². The maximum Gasteiger partial charge on any atom is 0.225 e. The van der Waals surface area contributed by atoms with E-state index >= 15 is 0 Å². The third kappa shape index (κ3) is 3.50. The maximum absolute atomic E-state index is 12.7. The van der Waals surface area contributed by atoms with Crippen molar-refractivity contribution >= 4 is 5.91 Å². The number of rotatable bonds is 5. The number of fused-ring (bicyclic) bond motifs is 1. The third-order valence-electron chi connectivity index (χ3n) is 8.24. The predicted molar refractivity (Wildman–Crippen MR) is 112 cm³/mol. The second-order valence-electron chi connectivity index (χ2n) is 9.79. The molecule has 1 saturated carbocycles. The lowest BCUT2D eigenvalue weighted by atomic mass is 9.70. The van der Waals surface area contributed by atoms with Crippen molar-refractivity contribution in [3.05, 3.63) is 35.9 Å². The zero-order chi connectivity index (χ0) is 19.0. The van der Waals surface area contributed by atoms with Crippen molar-refractivity contribution in [2.24, 2.45) is 17.8 Å². The molecule has 3 aliphatic heterocycles. The standard InChI is InChI=1S/C24H35N3O/c28-23(19-5-4-6-19)27-13-10-24(11-14-27,22-7-2-1-3-8-22)9-12-26-17-20-15-25-16-21(20)18-26/h1-3,7-8,19-21,25H,4-6,9-18H2. The Morgan fingerprint density at radius 2 is 1.71 bits per heavy atom. The molecule has 0 spiro atoms. The van der Waals surface area contributed by atoms with Crippen LogP contribution in [-0.4, -0.2) is 61.5 Å². The van der Waals surface area contributed by atoms with Crippen LogP contribution in [0.5, 0.6) is 0 Å². The summed E-state index contributed by atoms with van der Waals surface area (Å²) < 4.78 is 0. The second-order valence-corrected chi connectivity index (χ2v) is 9.79. The van der Waals surface area contributed by atoms with Gasteiger partial charge in [0.25, 0.3) is 0 Å². The fraction of sp³-hybridized carbons (Fsp3) is 0.708. The van der Waals surface area contributed by atoms with Gasteiger partial charge in [-0.25, -0.2) is 0 Å². The van der Waals surface area contributed by atoms with E-state index in [1.54, 1.807) is 0 Å². The number of likely N-dealkylation sites (tertiary alicyclic amines) is 2. The second kappa shape index (κ2) is 7.79. The molecule has 1 aliphatic carbocycles. The molecular weight excluding hydrogens is 346 g/mol. The van der Waals surface area contributed by atoms with Crippen LogP contribution in [-0.2, 0) is 10.2 Å². The first-order valence-electron chi connectivity index (χ1n) is 11.5. The molecule has 152 valence electrons. The van der Waals surface area contributed by atoms with Gasteiger partial charge in [0.05, 0.1) is 0 Å². The molecule has 3 saturated heterocycles. The number of amides is 1. The largest absolute Gasteiger partial charge is 0.342 e. The summed E-state index contributed by atoms with van der Waals surface area (Å²) in [6.07, 6.45) is 6.95. The minimum absolute atomic E-state index is 0.244. The summed E-state index contributed by atoms with van der Waals surface area (Å²) in [5.74, 6) is 2.51. The number of hydrogen-bond acceptors (Lipinski definition) is 3. The zero-order valence-electron chi connectivity index (χ0n) is 17.1. The van der Waals surface area contributed by atoms with E-state index in [9.17, 15) is 4.79 Å². The van der Waals surface area contributed by atoms with Crippen LogP contribution < -0.4 is 5.32 Å². The lowest BCUT2D eigenvalue weighted by molar-refractivity contribution is -0.139. The number of piperidine rings is 1. The highest BCUT2D eigenvalue weighted by atomic mass is 16.2. The van der Waals surface area contributed by atoms with Crippen LogP contribution in [0.4, 0.5) is 0 Å². The van der Waals surface area contributed by atoms with Crippen molar-refractivity contribution in [2.45, 2.75) is 43.9 Å². The molecule has 2 unspecified atom stereocenters. The van der Waals surface area contributed by atoms with E-state index in [1.165, 1.54) is 51.1 Å². The first-order chi connectivity index (χ1) is 13.7. The smallest absolute Gasteiger partial charge is 0.225 e. The Hall–Kier alpha value is -1.39. The molecule has 28 heavy (non-hydrogen) atoms. The molecule has 1 aromatic rings. The van der Waals surface area contributed by atoms with Gasteiger partial charge in [0, 0.05) is 32.1 Å². The number of carbonyl (C=O) groups excluding carboxylic acids is 1. The fourth-order valence-corrected chi connectivity index (χ4v) is 6.05. The van der Waals surface area contributed by atoms with Gasteiger partial charge in [-0.15, -0.1) is 0 Å². The van der Waals surface area contributed by atoms with Crippen molar-refractivity contribution in [2.75, 3.05) is 45.8 Å². The quantitative estimate of drug-likeness (QED) is 0.852. The molecule has 2 atom stereocenters. The first-order valence-corrected chi connectivity index (χ1v) is 11.5. The van der Waals surface area contributed by atoms with Crippen molar-refractivity contribution in [1.29, 1.82) is 0 Å². The van der Waals surface area contributed by atoms with Gasteiger partial charge in [-0.3, -0.25) is 4.79 Å². The van der Waals surface area contributed by atoms with E-state index in [2.05, 4.69) is 45.4 Å². The van der Waals surface area contributed by atoms with E-state index in [0.29, 0.717) is 11.8 Å². The van der Waals surface area contributed by atoms with Crippen LogP contribution in [0, 0.1) is 17.8 Å². The normalized spacial score (nSPS) is 30.2. The van der Waals surface area contributed by atoms with Gasteiger partial charge in [0.2, 0.25) is 5.91 Å². The van der Waals surface area contributed by atoms with Crippen LogP contribution in [0.25, 0.3) is 0 Å². The Kier molecular flexibility index (Phi) is 5.18. The van der Waals surface area contributed by atoms with Crippen molar-refractivity contribution < 1.29 is 4.79 Å². The fourth-order valence-electron chi connectivity index (χ4n) is 6.05. The highest BCUT2D eigenvalue weighted by Crippen LogP contribution is 2.40. The summed E-state index contributed by atoms with van der Waals surface area (Å²) in [5.41, 5.74) is 1.74. The van der Waals surface area contributed by atoms with Crippen molar-refractivity contribution in [3.8, 4) is 0 Å². The topological polar surface area (TPSA) is 35.6 Å². The van der Waals surface area contributed by atoms with Gasteiger partial charge >= 0.3 is 0 Å². The van der Waals surface area contributed by atoms with E-state index in [1.807, 2.05) is 0 Å². The molecule has 3 heterocycles. The Morgan fingerprint density at radius 1 is 1.04 bits per heavy atom. The van der Waals surface area contributed by atoms with E-state index < -0.39 is 0 Å². The number of benzene rings is 1. The summed E-state index contributed by atoms with van der Waals surface area (Å²) in [7, 11) is 0. The summed E-state index contributed by atoms with van der Waals surface area (Å²) >= 11 is 0. The van der Waals surface area contributed by atoms with Crippen LogP contribution >= 0.6 is 0 Å². The molecule has 1 aromatic carbocycles. The minimum atomic E-state index is 0.244. The summed E-state index contributed by atoms with van der Waals surface area (Å²) in [5, 5.41) is 3.55. The summed E-state index contributed by atoms with van der Waals surface area (Å²) in [4.78, 5) is 17.6. The van der Waals surface area contributed by atoms with E-state index in [4.69, 9.17) is 0 Å². The van der Waals surface area contributed by atoms with Gasteiger partial charge in [-0.2, -0.15) is 0 Å².